The minimum absolute atomic E-state index is 0.0784. The van der Waals surface area contributed by atoms with E-state index in [0.29, 0.717) is 27.7 Å². The summed E-state index contributed by atoms with van der Waals surface area (Å²) < 4.78 is 16.2. The molecule has 1 aromatic carbocycles. The van der Waals surface area contributed by atoms with Gasteiger partial charge in [0.25, 0.3) is 0 Å². The molecule has 0 radical (unpaired) electrons. The van der Waals surface area contributed by atoms with E-state index >= 15 is 0 Å². The lowest BCUT2D eigenvalue weighted by atomic mass is 10.2. The number of pyridine rings is 1. The highest BCUT2D eigenvalue weighted by atomic mass is 35.5. The summed E-state index contributed by atoms with van der Waals surface area (Å²) in [6.07, 6.45) is 9.68. The maximum Gasteiger partial charge on any atom is 0.184 e. The molecule has 5 aromatic rings. The molecule has 9 heteroatoms. The molecule has 142 valence electrons. The summed E-state index contributed by atoms with van der Waals surface area (Å²) in [5, 5.41) is 4.26. The molecule has 2 N–H and O–H groups in total. The average Bonchev–Trinajstić information content (AvgIpc) is 3.40. The number of fused-ring (bicyclic) bond motifs is 1. The topological polar surface area (TPSA) is 84.3 Å². The molecule has 4 aromatic heterocycles. The van der Waals surface area contributed by atoms with Gasteiger partial charge in [-0.1, -0.05) is 11.6 Å². The van der Waals surface area contributed by atoms with Crippen LogP contribution in [0.3, 0.4) is 0 Å². The van der Waals surface area contributed by atoms with Crippen LogP contribution in [0, 0.1) is 5.82 Å². The molecule has 0 atom stereocenters. The van der Waals surface area contributed by atoms with Crippen molar-refractivity contribution in [1.82, 2.24) is 29.5 Å². The summed E-state index contributed by atoms with van der Waals surface area (Å²) in [7, 11) is 0. The predicted octanol–water partition coefficient (Wildman–Crippen LogP) is 4.74. The molecule has 0 aliphatic carbocycles. The lowest BCUT2D eigenvalue weighted by molar-refractivity contribution is 0.619. The number of H-pyrrole nitrogens is 1. The maximum absolute atomic E-state index is 14.3. The highest BCUT2D eigenvalue weighted by molar-refractivity contribution is 6.31. The number of imidazole rings is 1. The molecule has 0 bridgehead atoms. The van der Waals surface area contributed by atoms with Crippen molar-refractivity contribution in [2.45, 2.75) is 0 Å². The van der Waals surface area contributed by atoms with E-state index in [9.17, 15) is 4.39 Å². The van der Waals surface area contributed by atoms with Crippen molar-refractivity contribution in [2.24, 2.45) is 0 Å². The molecule has 0 amide bonds. The minimum Gasteiger partial charge on any atom is -0.345 e. The van der Waals surface area contributed by atoms with Crippen molar-refractivity contribution >= 4 is 34.1 Å². The lowest BCUT2D eigenvalue weighted by Gasteiger charge is -2.09. The van der Waals surface area contributed by atoms with Gasteiger partial charge in [-0.2, -0.15) is 0 Å². The van der Waals surface area contributed by atoms with Crippen LogP contribution in [0.25, 0.3) is 28.1 Å². The third-order valence-corrected chi connectivity index (χ3v) is 4.62. The second-order valence-corrected chi connectivity index (χ2v) is 6.72. The summed E-state index contributed by atoms with van der Waals surface area (Å²) in [5.74, 6) is -0.114. The molecule has 0 unspecified atom stereocenters. The van der Waals surface area contributed by atoms with Gasteiger partial charge in [0, 0.05) is 47.1 Å². The predicted molar refractivity (Wildman–Crippen MR) is 109 cm³/mol. The third-order valence-electron chi connectivity index (χ3n) is 4.42. The number of aromatic amines is 1. The van der Waals surface area contributed by atoms with E-state index in [-0.39, 0.29) is 5.82 Å². The van der Waals surface area contributed by atoms with Gasteiger partial charge in [0.1, 0.15) is 5.65 Å². The number of nitrogens with one attached hydrogen (secondary N) is 2. The Balaban J connectivity index is 1.47. The van der Waals surface area contributed by atoms with Crippen molar-refractivity contribution in [1.29, 1.82) is 0 Å². The molecule has 0 saturated carbocycles. The summed E-state index contributed by atoms with van der Waals surface area (Å²) in [5.41, 5.74) is 2.98. The van der Waals surface area contributed by atoms with Gasteiger partial charge >= 0.3 is 0 Å². The number of anilines is 2. The summed E-state index contributed by atoms with van der Waals surface area (Å²) in [4.78, 5) is 19.8. The Morgan fingerprint density at radius 3 is 2.76 bits per heavy atom. The van der Waals surface area contributed by atoms with Crippen LogP contribution in [0.2, 0.25) is 5.02 Å². The monoisotopic (exact) mass is 405 g/mol. The quantitative estimate of drug-likeness (QED) is 0.451. The molecular weight excluding hydrogens is 393 g/mol. The van der Waals surface area contributed by atoms with Crippen LogP contribution < -0.4 is 5.32 Å². The first kappa shape index (κ1) is 17.3. The van der Waals surface area contributed by atoms with Gasteiger partial charge in [-0.25, -0.2) is 24.3 Å². The van der Waals surface area contributed by atoms with Gasteiger partial charge in [-0.3, -0.25) is 0 Å². The van der Waals surface area contributed by atoms with Crippen molar-refractivity contribution in [3.05, 3.63) is 78.5 Å². The Morgan fingerprint density at radius 2 is 1.97 bits per heavy atom. The molecule has 4 heterocycles. The number of hydrogen-bond acceptors (Lipinski definition) is 5. The van der Waals surface area contributed by atoms with Gasteiger partial charge in [0.2, 0.25) is 0 Å². The molecular formula is C20H13ClFN7. The lowest BCUT2D eigenvalue weighted by Crippen LogP contribution is -2.01. The third kappa shape index (κ3) is 3.30. The van der Waals surface area contributed by atoms with E-state index in [1.165, 1.54) is 0 Å². The first-order chi connectivity index (χ1) is 14.2. The minimum atomic E-state index is -0.552. The molecule has 0 saturated heterocycles. The molecule has 29 heavy (non-hydrogen) atoms. The number of halogens is 2. The highest BCUT2D eigenvalue weighted by Crippen LogP contribution is 2.29. The summed E-state index contributed by atoms with van der Waals surface area (Å²) in [6, 6.07) is 9.25. The van der Waals surface area contributed by atoms with E-state index < -0.39 is 5.82 Å². The largest absolute Gasteiger partial charge is 0.345 e. The highest BCUT2D eigenvalue weighted by Gasteiger charge is 2.14. The average molecular weight is 406 g/mol. The smallest absolute Gasteiger partial charge is 0.184 e. The summed E-state index contributed by atoms with van der Waals surface area (Å²) in [6.45, 7) is 0. The van der Waals surface area contributed by atoms with Gasteiger partial charge in [0.05, 0.1) is 17.5 Å². The normalized spacial score (nSPS) is 11.1. The Labute approximate surface area is 169 Å². The number of hydrogen-bond donors (Lipinski definition) is 2. The number of nitrogens with zero attached hydrogens (tertiary/aromatic N) is 5. The van der Waals surface area contributed by atoms with Crippen molar-refractivity contribution in [2.75, 3.05) is 5.32 Å². The van der Waals surface area contributed by atoms with E-state index in [1.54, 1.807) is 31.0 Å². The van der Waals surface area contributed by atoms with Crippen LogP contribution in [0.15, 0.2) is 67.6 Å². The molecule has 5 rings (SSSR count). The van der Waals surface area contributed by atoms with E-state index in [1.807, 2.05) is 35.0 Å². The van der Waals surface area contributed by atoms with Crippen LogP contribution in [0.5, 0.6) is 0 Å². The first-order valence-electron chi connectivity index (χ1n) is 8.68. The fourth-order valence-corrected chi connectivity index (χ4v) is 3.17. The Bertz CT molecular complexity index is 1300. The van der Waals surface area contributed by atoms with Crippen LogP contribution >= 0.6 is 11.6 Å². The summed E-state index contributed by atoms with van der Waals surface area (Å²) >= 11 is 6.05. The van der Waals surface area contributed by atoms with Gasteiger partial charge in [-0.05, 0) is 30.3 Å². The molecule has 0 aliphatic rings. The molecule has 0 aliphatic heterocycles. The van der Waals surface area contributed by atoms with E-state index in [4.69, 9.17) is 11.6 Å². The Kier molecular flexibility index (Phi) is 4.18. The molecule has 0 spiro atoms. The number of benzene rings is 1. The Hall–Kier alpha value is -3.78. The number of aromatic nitrogens is 6. The maximum atomic E-state index is 14.3. The Morgan fingerprint density at radius 1 is 1.10 bits per heavy atom. The van der Waals surface area contributed by atoms with Crippen LogP contribution in [0.1, 0.15) is 0 Å². The van der Waals surface area contributed by atoms with Crippen LogP contribution in [-0.2, 0) is 0 Å². The second kappa shape index (κ2) is 6.99. The number of rotatable bonds is 4. The van der Waals surface area contributed by atoms with Crippen LogP contribution in [-0.4, -0.2) is 29.5 Å². The molecule has 0 fully saturated rings. The van der Waals surface area contributed by atoms with E-state index in [0.717, 1.165) is 17.3 Å². The standard InChI is InChI=1S/C20H13ClFN7/c21-12-7-15-16(9-25-18(15)24-8-12)19-26-10-17(22)20(28-19)27-13-1-3-14(4-2-13)29-6-5-23-11-29/h1-11H,(H,24,25)(H,26,27,28). The fraction of sp³-hybridized carbons (Fsp3) is 0. The first-order valence-corrected chi connectivity index (χ1v) is 9.06. The zero-order valence-corrected chi connectivity index (χ0v) is 15.6. The fourth-order valence-electron chi connectivity index (χ4n) is 3.01. The van der Waals surface area contributed by atoms with Crippen molar-refractivity contribution < 1.29 is 4.39 Å². The van der Waals surface area contributed by atoms with Crippen molar-refractivity contribution in [3.8, 4) is 17.1 Å². The van der Waals surface area contributed by atoms with Gasteiger partial charge < -0.3 is 14.9 Å². The van der Waals surface area contributed by atoms with Gasteiger partial charge in [0.15, 0.2) is 17.5 Å². The zero-order chi connectivity index (χ0) is 19.8. The molecule has 7 nitrogen and oxygen atoms in total. The van der Waals surface area contributed by atoms with Crippen LogP contribution in [0.4, 0.5) is 15.9 Å². The zero-order valence-electron chi connectivity index (χ0n) is 14.8. The van der Waals surface area contributed by atoms with E-state index in [2.05, 4.69) is 30.2 Å². The SMILES string of the molecule is Fc1cnc(-c2c[nH]c3ncc(Cl)cc23)nc1Nc1ccc(-n2ccnc2)cc1. The van der Waals surface area contributed by atoms with Crippen molar-refractivity contribution in [3.63, 3.8) is 0 Å². The van der Waals surface area contributed by atoms with Gasteiger partial charge in [-0.15, -0.1) is 0 Å². The second-order valence-electron chi connectivity index (χ2n) is 6.28.